The van der Waals surface area contributed by atoms with Crippen LogP contribution in [-0.2, 0) is 11.2 Å². The zero-order valence-electron chi connectivity index (χ0n) is 17.7. The average Bonchev–Trinajstić information content (AvgIpc) is 3.28. The molecule has 2 N–H and O–H groups in total. The summed E-state index contributed by atoms with van der Waals surface area (Å²) in [7, 11) is 0. The fourth-order valence-electron chi connectivity index (χ4n) is 4.44. The largest absolute Gasteiger partial charge is 0.459 e. The molecule has 0 spiro atoms. The summed E-state index contributed by atoms with van der Waals surface area (Å²) >= 11 is 8.05. The van der Waals surface area contributed by atoms with Crippen LogP contribution in [0.3, 0.4) is 0 Å². The van der Waals surface area contributed by atoms with Crippen LogP contribution in [0.4, 0.5) is 0 Å². The van der Waals surface area contributed by atoms with E-state index >= 15 is 0 Å². The topological polar surface area (TPSA) is 66.8 Å². The first-order valence-corrected chi connectivity index (χ1v) is 12.5. The molecular weight excluding hydrogens is 408 g/mol. The minimum Gasteiger partial charge on any atom is -0.459 e. The number of esters is 1. The zero-order chi connectivity index (χ0) is 21.1. The standard InChI is InChI=1S/C23H37ClO4S/c1-2-3-4-5-6-7-10-19-18(20(24)16-21(19)26)11-8-9-17-12-13-22(29-17)23(27)28-15-14-25/h12-13,18-21,25-26H,2-11,14-16H2,1H3. The van der Waals surface area contributed by atoms with Crippen molar-refractivity contribution in [2.45, 2.75) is 89.0 Å². The fourth-order valence-corrected chi connectivity index (χ4v) is 5.88. The summed E-state index contributed by atoms with van der Waals surface area (Å²) < 4.78 is 4.96. The number of rotatable bonds is 14. The third-order valence-electron chi connectivity index (χ3n) is 6.01. The van der Waals surface area contributed by atoms with Gasteiger partial charge in [0.1, 0.15) is 11.5 Å². The Morgan fingerprint density at radius 3 is 2.62 bits per heavy atom. The van der Waals surface area contributed by atoms with Crippen molar-refractivity contribution >= 4 is 28.9 Å². The van der Waals surface area contributed by atoms with Crippen molar-refractivity contribution in [3.05, 3.63) is 21.9 Å². The van der Waals surface area contributed by atoms with E-state index in [9.17, 15) is 9.90 Å². The first-order valence-electron chi connectivity index (χ1n) is 11.3. The van der Waals surface area contributed by atoms with E-state index in [1.54, 1.807) is 6.07 Å². The first-order chi connectivity index (χ1) is 14.1. The summed E-state index contributed by atoms with van der Waals surface area (Å²) in [4.78, 5) is 13.6. The van der Waals surface area contributed by atoms with Gasteiger partial charge in [-0.15, -0.1) is 22.9 Å². The molecule has 1 aliphatic rings. The monoisotopic (exact) mass is 444 g/mol. The van der Waals surface area contributed by atoms with E-state index in [2.05, 4.69) is 6.92 Å². The number of hydrogen-bond donors (Lipinski definition) is 2. The highest BCUT2D eigenvalue weighted by atomic mass is 35.5. The Hall–Kier alpha value is -0.620. The van der Waals surface area contributed by atoms with Crippen molar-refractivity contribution in [2.75, 3.05) is 13.2 Å². The highest BCUT2D eigenvalue weighted by Crippen LogP contribution is 2.42. The summed E-state index contributed by atoms with van der Waals surface area (Å²) in [6, 6.07) is 3.78. The molecule has 2 rings (SSSR count). The van der Waals surface area contributed by atoms with Crippen LogP contribution in [0.5, 0.6) is 0 Å². The summed E-state index contributed by atoms with van der Waals surface area (Å²) in [6.07, 6.45) is 12.2. The fraction of sp³-hybridized carbons (Fsp3) is 0.783. The van der Waals surface area contributed by atoms with Gasteiger partial charge in [-0.3, -0.25) is 0 Å². The van der Waals surface area contributed by atoms with E-state index in [1.165, 1.54) is 49.9 Å². The Kier molecular flexibility index (Phi) is 11.6. The molecular formula is C23H37ClO4S. The number of carbonyl (C=O) groups is 1. The van der Waals surface area contributed by atoms with Crippen LogP contribution in [0.25, 0.3) is 0 Å². The van der Waals surface area contributed by atoms with Gasteiger partial charge in [0.2, 0.25) is 0 Å². The number of aliphatic hydroxyl groups is 2. The van der Waals surface area contributed by atoms with E-state index in [0.717, 1.165) is 30.6 Å². The lowest BCUT2D eigenvalue weighted by Crippen LogP contribution is -2.21. The Morgan fingerprint density at radius 1 is 1.14 bits per heavy atom. The number of aliphatic hydroxyl groups excluding tert-OH is 2. The van der Waals surface area contributed by atoms with Crippen molar-refractivity contribution in [1.29, 1.82) is 0 Å². The van der Waals surface area contributed by atoms with Gasteiger partial charge in [0.25, 0.3) is 0 Å². The van der Waals surface area contributed by atoms with Gasteiger partial charge in [0.15, 0.2) is 0 Å². The van der Waals surface area contributed by atoms with Gasteiger partial charge in [-0.2, -0.15) is 0 Å². The molecule has 6 heteroatoms. The molecule has 0 bridgehead atoms. The molecule has 166 valence electrons. The molecule has 4 atom stereocenters. The lowest BCUT2D eigenvalue weighted by molar-refractivity contribution is 0.0439. The molecule has 0 radical (unpaired) electrons. The maximum atomic E-state index is 11.8. The molecule has 0 aromatic carbocycles. The van der Waals surface area contributed by atoms with E-state index < -0.39 is 0 Å². The van der Waals surface area contributed by atoms with Crippen LogP contribution in [0.1, 0.15) is 85.7 Å². The molecule has 0 aliphatic heterocycles. The predicted octanol–water partition coefficient (Wildman–Crippen LogP) is 5.57. The second-order valence-corrected chi connectivity index (χ2v) is 9.95. The summed E-state index contributed by atoms with van der Waals surface area (Å²) in [6.45, 7) is 2.12. The molecule has 29 heavy (non-hydrogen) atoms. The smallest absolute Gasteiger partial charge is 0.348 e. The van der Waals surface area contributed by atoms with Crippen molar-refractivity contribution in [3.8, 4) is 0 Å². The minimum atomic E-state index is -0.367. The lowest BCUT2D eigenvalue weighted by atomic mass is 9.85. The van der Waals surface area contributed by atoms with Crippen molar-refractivity contribution in [3.63, 3.8) is 0 Å². The number of thiophene rings is 1. The van der Waals surface area contributed by atoms with Gasteiger partial charge in [-0.1, -0.05) is 45.4 Å². The number of ether oxygens (including phenoxy) is 1. The molecule has 1 fully saturated rings. The Labute approximate surface area is 184 Å². The zero-order valence-corrected chi connectivity index (χ0v) is 19.2. The van der Waals surface area contributed by atoms with Crippen LogP contribution in [0.15, 0.2) is 12.1 Å². The second-order valence-electron chi connectivity index (χ2n) is 8.22. The van der Waals surface area contributed by atoms with E-state index in [0.29, 0.717) is 23.1 Å². The number of unbranched alkanes of at least 4 members (excludes halogenated alkanes) is 5. The van der Waals surface area contributed by atoms with Gasteiger partial charge in [-0.25, -0.2) is 4.79 Å². The number of hydrogen-bond acceptors (Lipinski definition) is 5. The van der Waals surface area contributed by atoms with Crippen LogP contribution < -0.4 is 0 Å². The summed E-state index contributed by atoms with van der Waals surface area (Å²) in [5.41, 5.74) is 0. The van der Waals surface area contributed by atoms with Crippen molar-refractivity contribution in [1.82, 2.24) is 0 Å². The number of halogens is 1. The molecule has 4 unspecified atom stereocenters. The highest BCUT2D eigenvalue weighted by Gasteiger charge is 2.40. The number of alkyl halides is 1. The van der Waals surface area contributed by atoms with Crippen LogP contribution in [-0.4, -0.2) is 40.9 Å². The highest BCUT2D eigenvalue weighted by molar-refractivity contribution is 7.13. The van der Waals surface area contributed by atoms with Gasteiger partial charge >= 0.3 is 5.97 Å². The molecule has 0 amide bonds. The summed E-state index contributed by atoms with van der Waals surface area (Å²) in [5.74, 6) is 0.348. The maximum Gasteiger partial charge on any atom is 0.348 e. The third-order valence-corrected chi connectivity index (χ3v) is 7.64. The third kappa shape index (κ3) is 8.20. The quantitative estimate of drug-likeness (QED) is 0.223. The molecule has 1 saturated carbocycles. The van der Waals surface area contributed by atoms with Crippen molar-refractivity contribution in [2.24, 2.45) is 11.8 Å². The molecule has 1 aliphatic carbocycles. The predicted molar refractivity (Wildman–Crippen MR) is 120 cm³/mol. The second kappa shape index (κ2) is 13.6. The van der Waals surface area contributed by atoms with Crippen LogP contribution in [0, 0.1) is 11.8 Å². The minimum absolute atomic E-state index is 0.0349. The molecule has 0 saturated heterocycles. The van der Waals surface area contributed by atoms with E-state index in [4.69, 9.17) is 21.4 Å². The Balaban J connectivity index is 1.74. The molecule has 1 heterocycles. The number of aryl methyl sites for hydroxylation is 1. The van der Waals surface area contributed by atoms with Gasteiger partial charge in [0.05, 0.1) is 12.7 Å². The van der Waals surface area contributed by atoms with Gasteiger partial charge in [0, 0.05) is 10.3 Å². The molecule has 1 aromatic heterocycles. The van der Waals surface area contributed by atoms with Gasteiger partial charge in [-0.05, 0) is 56.1 Å². The van der Waals surface area contributed by atoms with Crippen LogP contribution in [0.2, 0.25) is 0 Å². The Morgan fingerprint density at radius 2 is 1.86 bits per heavy atom. The van der Waals surface area contributed by atoms with E-state index in [1.807, 2.05) is 6.07 Å². The Bertz CT molecular complexity index is 591. The normalized spacial score (nSPS) is 24.1. The lowest BCUT2D eigenvalue weighted by Gasteiger charge is -2.23. The molecule has 4 nitrogen and oxygen atoms in total. The number of carbonyl (C=O) groups excluding carboxylic acids is 1. The summed E-state index contributed by atoms with van der Waals surface area (Å²) in [5, 5.41) is 19.3. The van der Waals surface area contributed by atoms with Crippen LogP contribution >= 0.6 is 22.9 Å². The maximum absolute atomic E-state index is 11.8. The SMILES string of the molecule is CCCCCCCCC1C(O)CC(Cl)C1CCCc1ccc(C(=O)OCCO)s1. The van der Waals surface area contributed by atoms with E-state index in [-0.39, 0.29) is 30.7 Å². The van der Waals surface area contributed by atoms with Gasteiger partial charge < -0.3 is 14.9 Å². The average molecular weight is 445 g/mol. The first kappa shape index (κ1) is 24.6. The molecule has 1 aromatic rings. The van der Waals surface area contributed by atoms with Crippen molar-refractivity contribution < 1.29 is 19.7 Å².